The molecule has 0 bridgehead atoms. The fourth-order valence-corrected chi connectivity index (χ4v) is 4.05. The molecule has 0 aliphatic carbocycles. The van der Waals surface area contributed by atoms with Gasteiger partial charge in [-0.3, -0.25) is 0 Å². The lowest BCUT2D eigenvalue weighted by Gasteiger charge is -2.23. The minimum atomic E-state index is -3.37. The zero-order valence-electron chi connectivity index (χ0n) is 14.1. The Labute approximate surface area is 166 Å². The minimum absolute atomic E-state index is 0.112. The van der Waals surface area contributed by atoms with Crippen LogP contribution in [0.2, 0.25) is 10.0 Å². The van der Waals surface area contributed by atoms with E-state index in [1.807, 2.05) is 0 Å². The molecule has 0 aliphatic heterocycles. The lowest BCUT2D eigenvalue weighted by Crippen LogP contribution is -2.38. The number of carboxylic acid groups (broad SMARTS) is 1. The van der Waals surface area contributed by atoms with E-state index in [9.17, 15) is 18.3 Å². The predicted octanol–water partition coefficient (Wildman–Crippen LogP) is 4.79. The fourth-order valence-electron chi connectivity index (χ4n) is 1.88. The molecule has 140 valence electrons. The molecule has 0 unspecified atom stereocenters. The minimum Gasteiger partial charge on any atom is -0.478 e. The van der Waals surface area contributed by atoms with E-state index in [2.05, 4.69) is 0 Å². The van der Waals surface area contributed by atoms with Crippen LogP contribution in [0.5, 0.6) is 5.75 Å². The first-order valence-electron chi connectivity index (χ1n) is 7.29. The van der Waals surface area contributed by atoms with Gasteiger partial charge in [0.1, 0.15) is 5.75 Å². The van der Waals surface area contributed by atoms with Crippen molar-refractivity contribution >= 4 is 50.8 Å². The van der Waals surface area contributed by atoms with Crippen LogP contribution in [0.1, 0.15) is 13.8 Å². The average molecular weight is 435 g/mol. The van der Waals surface area contributed by atoms with Gasteiger partial charge in [-0.25, -0.2) is 13.2 Å². The Morgan fingerprint density at radius 3 is 2.31 bits per heavy atom. The van der Waals surface area contributed by atoms with Crippen LogP contribution in [-0.4, -0.2) is 31.4 Å². The van der Waals surface area contributed by atoms with E-state index in [0.717, 1.165) is 6.26 Å². The molecule has 2 aromatic rings. The lowest BCUT2D eigenvalue weighted by atomic mass is 10.1. The van der Waals surface area contributed by atoms with E-state index >= 15 is 0 Å². The second-order valence-electron chi connectivity index (χ2n) is 5.98. The Bertz CT molecular complexity index is 956. The highest BCUT2D eigenvalue weighted by molar-refractivity contribution is 7.99. The number of hydrogen-bond acceptors (Lipinski definition) is 5. The number of hydrogen-bond donors (Lipinski definition) is 1. The number of benzene rings is 2. The van der Waals surface area contributed by atoms with Crippen molar-refractivity contribution in [2.75, 3.05) is 6.26 Å². The molecule has 0 radical (unpaired) electrons. The molecule has 0 heterocycles. The van der Waals surface area contributed by atoms with Gasteiger partial charge in [0, 0.05) is 16.2 Å². The average Bonchev–Trinajstić information content (AvgIpc) is 2.50. The van der Waals surface area contributed by atoms with Crippen molar-refractivity contribution < 1.29 is 23.1 Å². The molecular weight excluding hydrogens is 419 g/mol. The van der Waals surface area contributed by atoms with Crippen LogP contribution < -0.4 is 4.74 Å². The van der Waals surface area contributed by atoms with Crippen LogP contribution in [0, 0.1) is 0 Å². The van der Waals surface area contributed by atoms with E-state index in [0.29, 0.717) is 20.6 Å². The van der Waals surface area contributed by atoms with E-state index in [1.165, 1.54) is 37.7 Å². The highest BCUT2D eigenvalue weighted by atomic mass is 35.5. The molecule has 0 saturated heterocycles. The second-order valence-corrected chi connectivity index (χ2v) is 9.92. The summed E-state index contributed by atoms with van der Waals surface area (Å²) in [7, 11) is -3.37. The summed E-state index contributed by atoms with van der Waals surface area (Å²) in [4.78, 5) is 12.6. The molecular formula is C17H16Cl2O5S2. The third-order valence-corrected chi connectivity index (χ3v) is 6.22. The summed E-state index contributed by atoms with van der Waals surface area (Å²) in [5.41, 5.74) is -1.44. The normalized spacial score (nSPS) is 12.0. The number of carbonyl (C=O) groups is 1. The third kappa shape index (κ3) is 5.07. The zero-order chi connectivity index (χ0) is 19.7. The SMILES string of the molecule is CC(C)(Oc1ccc(Cl)cc1Sc1ccc(S(C)(=O)=O)cc1Cl)C(=O)O. The molecule has 0 spiro atoms. The summed E-state index contributed by atoms with van der Waals surface area (Å²) < 4.78 is 28.9. The van der Waals surface area contributed by atoms with Crippen molar-refractivity contribution in [3.05, 3.63) is 46.4 Å². The van der Waals surface area contributed by atoms with Gasteiger partial charge in [-0.15, -0.1) is 0 Å². The predicted molar refractivity (Wildman–Crippen MR) is 102 cm³/mol. The first-order chi connectivity index (χ1) is 11.9. The number of carboxylic acids is 1. The number of halogens is 2. The molecule has 9 heteroatoms. The summed E-state index contributed by atoms with van der Waals surface area (Å²) in [6, 6.07) is 9.19. The van der Waals surface area contributed by atoms with E-state index < -0.39 is 21.4 Å². The largest absolute Gasteiger partial charge is 0.478 e. The van der Waals surface area contributed by atoms with Crippen LogP contribution in [0.15, 0.2) is 51.1 Å². The second kappa shape index (κ2) is 7.68. The van der Waals surface area contributed by atoms with Crippen molar-refractivity contribution in [3.63, 3.8) is 0 Å². The molecule has 2 rings (SSSR count). The summed E-state index contributed by atoms with van der Waals surface area (Å²) in [5, 5.41) is 9.95. The monoisotopic (exact) mass is 434 g/mol. The van der Waals surface area contributed by atoms with Crippen LogP contribution in [-0.2, 0) is 14.6 Å². The quantitative estimate of drug-likeness (QED) is 0.703. The molecule has 2 aromatic carbocycles. The smallest absolute Gasteiger partial charge is 0.347 e. The van der Waals surface area contributed by atoms with Gasteiger partial charge < -0.3 is 9.84 Å². The summed E-state index contributed by atoms with van der Waals surface area (Å²) >= 11 is 13.4. The van der Waals surface area contributed by atoms with Crippen molar-refractivity contribution in [3.8, 4) is 5.75 Å². The van der Waals surface area contributed by atoms with Gasteiger partial charge in [-0.2, -0.15) is 0 Å². The molecule has 26 heavy (non-hydrogen) atoms. The van der Waals surface area contributed by atoms with Crippen LogP contribution in [0.4, 0.5) is 0 Å². The lowest BCUT2D eigenvalue weighted by molar-refractivity contribution is -0.152. The Morgan fingerprint density at radius 1 is 1.12 bits per heavy atom. The molecule has 0 fully saturated rings. The molecule has 5 nitrogen and oxygen atoms in total. The van der Waals surface area contributed by atoms with Crippen molar-refractivity contribution in [1.29, 1.82) is 0 Å². The van der Waals surface area contributed by atoms with Crippen LogP contribution in [0.25, 0.3) is 0 Å². The highest BCUT2D eigenvalue weighted by Gasteiger charge is 2.30. The van der Waals surface area contributed by atoms with Gasteiger partial charge in [0.25, 0.3) is 0 Å². The first kappa shape index (κ1) is 20.9. The Balaban J connectivity index is 2.41. The van der Waals surface area contributed by atoms with Crippen molar-refractivity contribution in [1.82, 2.24) is 0 Å². The first-order valence-corrected chi connectivity index (χ1v) is 10.8. The molecule has 0 aromatic heterocycles. The van der Waals surface area contributed by atoms with Gasteiger partial charge in [-0.1, -0.05) is 35.0 Å². The molecule has 0 amide bonds. The van der Waals surface area contributed by atoms with Gasteiger partial charge in [-0.05, 0) is 50.2 Å². The number of ether oxygens (including phenoxy) is 1. The Hall–Kier alpha value is -1.41. The number of sulfone groups is 1. The van der Waals surface area contributed by atoms with Gasteiger partial charge in [0.05, 0.1) is 14.8 Å². The zero-order valence-corrected chi connectivity index (χ0v) is 17.3. The van der Waals surface area contributed by atoms with Gasteiger partial charge in [0.15, 0.2) is 15.4 Å². The molecule has 0 saturated carbocycles. The van der Waals surface area contributed by atoms with E-state index in [4.69, 9.17) is 27.9 Å². The topological polar surface area (TPSA) is 80.7 Å². The summed E-state index contributed by atoms with van der Waals surface area (Å²) in [6.45, 7) is 2.87. The standard InChI is InChI=1S/C17H16Cl2O5S2/c1-17(2,16(20)21)24-13-6-4-10(18)8-15(13)25-14-7-5-11(9-12(14)19)26(3,22)23/h4-9H,1-3H3,(H,20,21). The van der Waals surface area contributed by atoms with Crippen LogP contribution in [0.3, 0.4) is 0 Å². The Morgan fingerprint density at radius 2 is 1.77 bits per heavy atom. The van der Waals surface area contributed by atoms with Gasteiger partial charge >= 0.3 is 5.97 Å². The molecule has 0 atom stereocenters. The molecule has 0 aliphatic rings. The maximum absolute atomic E-state index is 11.6. The summed E-state index contributed by atoms with van der Waals surface area (Å²) in [5.74, 6) is -0.783. The van der Waals surface area contributed by atoms with E-state index in [-0.39, 0.29) is 9.92 Å². The maximum Gasteiger partial charge on any atom is 0.347 e. The third-order valence-electron chi connectivity index (χ3n) is 3.34. The number of aliphatic carboxylic acids is 1. The van der Waals surface area contributed by atoms with E-state index in [1.54, 1.807) is 24.3 Å². The highest BCUT2D eigenvalue weighted by Crippen LogP contribution is 2.41. The Kier molecular flexibility index (Phi) is 6.17. The number of rotatable bonds is 6. The van der Waals surface area contributed by atoms with Gasteiger partial charge in [0.2, 0.25) is 0 Å². The maximum atomic E-state index is 11.6. The molecule has 1 N–H and O–H groups in total. The van der Waals surface area contributed by atoms with Crippen molar-refractivity contribution in [2.24, 2.45) is 0 Å². The van der Waals surface area contributed by atoms with Crippen LogP contribution >= 0.6 is 35.0 Å². The van der Waals surface area contributed by atoms with Crippen molar-refractivity contribution in [2.45, 2.75) is 34.1 Å². The summed E-state index contributed by atoms with van der Waals surface area (Å²) in [6.07, 6.45) is 1.10. The fraction of sp³-hybridized carbons (Fsp3) is 0.235.